The standard InChI is InChI=1S/C20H23N3O3/c1-4-26-19-10-14(8-9-18(19)24)12-21-20-22-13-17(23(20)2)15-6-5-7-16(11-15)25-3/h5-11,13,24H,4,12H2,1-3H3,(H,21,22). The van der Waals surface area contributed by atoms with Gasteiger partial charge in [-0.2, -0.15) is 0 Å². The molecule has 26 heavy (non-hydrogen) atoms. The van der Waals surface area contributed by atoms with Gasteiger partial charge in [-0.15, -0.1) is 0 Å². The third-order valence-corrected chi connectivity index (χ3v) is 4.13. The fourth-order valence-corrected chi connectivity index (χ4v) is 2.75. The Morgan fingerprint density at radius 1 is 1.19 bits per heavy atom. The van der Waals surface area contributed by atoms with Crippen LogP contribution in [0.4, 0.5) is 5.95 Å². The molecule has 3 aromatic rings. The first-order valence-corrected chi connectivity index (χ1v) is 8.47. The molecule has 0 aliphatic heterocycles. The van der Waals surface area contributed by atoms with Crippen LogP contribution >= 0.6 is 0 Å². The Labute approximate surface area is 153 Å². The van der Waals surface area contributed by atoms with E-state index in [-0.39, 0.29) is 5.75 Å². The summed E-state index contributed by atoms with van der Waals surface area (Å²) in [6, 6.07) is 13.2. The topological polar surface area (TPSA) is 68.5 Å². The summed E-state index contributed by atoms with van der Waals surface area (Å²) in [4.78, 5) is 4.47. The number of rotatable bonds is 7. The van der Waals surface area contributed by atoms with Gasteiger partial charge in [0, 0.05) is 19.2 Å². The van der Waals surface area contributed by atoms with Crippen molar-refractivity contribution in [2.75, 3.05) is 19.0 Å². The molecular weight excluding hydrogens is 330 g/mol. The van der Waals surface area contributed by atoms with Crippen molar-refractivity contribution in [1.29, 1.82) is 0 Å². The second kappa shape index (κ2) is 7.82. The van der Waals surface area contributed by atoms with E-state index in [1.807, 2.05) is 61.1 Å². The molecule has 6 nitrogen and oxygen atoms in total. The largest absolute Gasteiger partial charge is 0.504 e. The predicted octanol–water partition coefficient (Wildman–Crippen LogP) is 3.81. The van der Waals surface area contributed by atoms with E-state index in [9.17, 15) is 5.11 Å². The number of methoxy groups -OCH3 is 1. The maximum atomic E-state index is 9.80. The minimum Gasteiger partial charge on any atom is -0.504 e. The van der Waals surface area contributed by atoms with Gasteiger partial charge < -0.3 is 24.5 Å². The average Bonchev–Trinajstić information content (AvgIpc) is 3.03. The zero-order valence-corrected chi connectivity index (χ0v) is 15.2. The van der Waals surface area contributed by atoms with Crippen LogP contribution in [-0.4, -0.2) is 28.4 Å². The van der Waals surface area contributed by atoms with E-state index >= 15 is 0 Å². The number of aromatic hydroxyl groups is 1. The van der Waals surface area contributed by atoms with Crippen molar-refractivity contribution in [2.45, 2.75) is 13.5 Å². The van der Waals surface area contributed by atoms with Crippen LogP contribution in [0, 0.1) is 0 Å². The molecule has 0 aliphatic rings. The molecule has 136 valence electrons. The van der Waals surface area contributed by atoms with Gasteiger partial charge in [0.05, 0.1) is 25.6 Å². The van der Waals surface area contributed by atoms with Crippen molar-refractivity contribution in [3.05, 3.63) is 54.2 Å². The molecule has 0 amide bonds. The number of hydrogen-bond acceptors (Lipinski definition) is 5. The number of nitrogens with zero attached hydrogens (tertiary/aromatic N) is 2. The minimum atomic E-state index is 0.146. The minimum absolute atomic E-state index is 0.146. The molecule has 0 fully saturated rings. The summed E-state index contributed by atoms with van der Waals surface area (Å²) in [5.74, 6) is 2.20. The summed E-state index contributed by atoms with van der Waals surface area (Å²) in [6.07, 6.45) is 1.83. The van der Waals surface area contributed by atoms with Gasteiger partial charge in [0.2, 0.25) is 5.95 Å². The molecule has 3 rings (SSSR count). The normalized spacial score (nSPS) is 10.6. The van der Waals surface area contributed by atoms with Gasteiger partial charge in [0.15, 0.2) is 11.5 Å². The summed E-state index contributed by atoms with van der Waals surface area (Å²) < 4.78 is 12.7. The lowest BCUT2D eigenvalue weighted by Crippen LogP contribution is -2.06. The number of ether oxygens (including phenoxy) is 2. The number of phenolic OH excluding ortho intramolecular Hbond substituents is 1. The van der Waals surface area contributed by atoms with Crippen LogP contribution in [0.3, 0.4) is 0 Å². The molecule has 2 N–H and O–H groups in total. The molecule has 0 bridgehead atoms. The van der Waals surface area contributed by atoms with Crippen LogP contribution in [-0.2, 0) is 13.6 Å². The third-order valence-electron chi connectivity index (χ3n) is 4.13. The third kappa shape index (κ3) is 3.74. The summed E-state index contributed by atoms with van der Waals surface area (Å²) in [5.41, 5.74) is 3.03. The fraction of sp³-hybridized carbons (Fsp3) is 0.250. The monoisotopic (exact) mass is 353 g/mol. The first kappa shape index (κ1) is 17.7. The van der Waals surface area contributed by atoms with Crippen LogP contribution in [0.1, 0.15) is 12.5 Å². The Morgan fingerprint density at radius 2 is 2.04 bits per heavy atom. The molecule has 1 heterocycles. The molecule has 0 spiro atoms. The van der Waals surface area contributed by atoms with E-state index in [0.29, 0.717) is 18.9 Å². The highest BCUT2D eigenvalue weighted by molar-refractivity contribution is 5.63. The Morgan fingerprint density at radius 3 is 2.81 bits per heavy atom. The first-order valence-electron chi connectivity index (χ1n) is 8.47. The highest BCUT2D eigenvalue weighted by atomic mass is 16.5. The molecule has 0 radical (unpaired) electrons. The van der Waals surface area contributed by atoms with Crippen molar-refractivity contribution in [2.24, 2.45) is 7.05 Å². The molecule has 2 aromatic carbocycles. The lowest BCUT2D eigenvalue weighted by molar-refractivity contribution is 0.318. The molecule has 0 atom stereocenters. The average molecular weight is 353 g/mol. The second-order valence-electron chi connectivity index (χ2n) is 5.85. The quantitative estimate of drug-likeness (QED) is 0.676. The molecule has 0 saturated carbocycles. The smallest absolute Gasteiger partial charge is 0.203 e. The highest BCUT2D eigenvalue weighted by Crippen LogP contribution is 2.28. The molecule has 6 heteroatoms. The van der Waals surface area contributed by atoms with Gasteiger partial charge in [0.1, 0.15) is 5.75 Å². The van der Waals surface area contributed by atoms with Crippen molar-refractivity contribution < 1.29 is 14.6 Å². The van der Waals surface area contributed by atoms with Crippen molar-refractivity contribution in [3.8, 4) is 28.5 Å². The van der Waals surface area contributed by atoms with Crippen LogP contribution in [0.5, 0.6) is 17.2 Å². The number of hydrogen-bond donors (Lipinski definition) is 2. The van der Waals surface area contributed by atoms with Crippen LogP contribution < -0.4 is 14.8 Å². The first-order chi connectivity index (χ1) is 12.6. The molecule has 0 saturated heterocycles. The van der Waals surface area contributed by atoms with E-state index in [4.69, 9.17) is 9.47 Å². The van der Waals surface area contributed by atoms with Gasteiger partial charge in [-0.05, 0) is 36.8 Å². The second-order valence-corrected chi connectivity index (χ2v) is 5.85. The van der Waals surface area contributed by atoms with E-state index in [2.05, 4.69) is 10.3 Å². The summed E-state index contributed by atoms with van der Waals surface area (Å²) in [7, 11) is 3.62. The lowest BCUT2D eigenvalue weighted by Gasteiger charge is -2.11. The van der Waals surface area contributed by atoms with E-state index in [0.717, 1.165) is 28.5 Å². The highest BCUT2D eigenvalue weighted by Gasteiger charge is 2.10. The van der Waals surface area contributed by atoms with Gasteiger partial charge in [-0.25, -0.2) is 4.98 Å². The maximum absolute atomic E-state index is 9.80. The van der Waals surface area contributed by atoms with Crippen LogP contribution in [0.25, 0.3) is 11.3 Å². The summed E-state index contributed by atoms with van der Waals surface area (Å²) >= 11 is 0. The van der Waals surface area contributed by atoms with Crippen LogP contribution in [0.15, 0.2) is 48.7 Å². The predicted molar refractivity (Wildman–Crippen MR) is 102 cm³/mol. The van der Waals surface area contributed by atoms with Crippen molar-refractivity contribution in [1.82, 2.24) is 9.55 Å². The van der Waals surface area contributed by atoms with Gasteiger partial charge in [-0.3, -0.25) is 0 Å². The van der Waals surface area contributed by atoms with Crippen LogP contribution in [0.2, 0.25) is 0 Å². The Kier molecular flexibility index (Phi) is 5.31. The summed E-state index contributed by atoms with van der Waals surface area (Å²) in [6.45, 7) is 2.97. The molecule has 0 aliphatic carbocycles. The Balaban J connectivity index is 1.75. The Bertz CT molecular complexity index is 890. The zero-order chi connectivity index (χ0) is 18.5. The number of aromatic nitrogens is 2. The molecular formula is C20H23N3O3. The van der Waals surface area contributed by atoms with E-state index in [1.165, 1.54) is 0 Å². The van der Waals surface area contributed by atoms with E-state index in [1.54, 1.807) is 13.2 Å². The van der Waals surface area contributed by atoms with E-state index < -0.39 is 0 Å². The number of phenols is 1. The van der Waals surface area contributed by atoms with Crippen molar-refractivity contribution >= 4 is 5.95 Å². The number of nitrogens with one attached hydrogen (secondary N) is 1. The van der Waals surface area contributed by atoms with Gasteiger partial charge in [0.25, 0.3) is 0 Å². The SMILES string of the molecule is CCOc1cc(CNc2ncc(-c3cccc(OC)c3)n2C)ccc1O. The summed E-state index contributed by atoms with van der Waals surface area (Å²) in [5, 5.41) is 13.1. The number of imidazole rings is 1. The lowest BCUT2D eigenvalue weighted by atomic mass is 10.1. The van der Waals surface area contributed by atoms with Gasteiger partial charge >= 0.3 is 0 Å². The zero-order valence-electron chi connectivity index (χ0n) is 15.2. The Hall–Kier alpha value is -3.15. The maximum Gasteiger partial charge on any atom is 0.203 e. The molecule has 0 unspecified atom stereocenters. The van der Waals surface area contributed by atoms with Gasteiger partial charge in [-0.1, -0.05) is 18.2 Å². The number of anilines is 1. The number of benzene rings is 2. The van der Waals surface area contributed by atoms with Crippen molar-refractivity contribution in [3.63, 3.8) is 0 Å². The fourth-order valence-electron chi connectivity index (χ4n) is 2.75. The molecule has 1 aromatic heterocycles.